The molecule has 146 valence electrons. The number of carbonyl (C=O) groups excluding carboxylic acids is 1. The Hall–Kier alpha value is -2.19. The van der Waals surface area contributed by atoms with E-state index in [2.05, 4.69) is 25.6 Å². The van der Waals surface area contributed by atoms with Crippen LogP contribution >= 0.6 is 0 Å². The molecule has 0 bridgehead atoms. The molecule has 4 rings (SSSR count). The Morgan fingerprint density at radius 2 is 2.07 bits per heavy atom. The summed E-state index contributed by atoms with van der Waals surface area (Å²) in [4.78, 5) is 19.2. The van der Waals surface area contributed by atoms with Crippen LogP contribution in [0.25, 0.3) is 5.52 Å². The molecule has 8 heteroatoms. The van der Waals surface area contributed by atoms with Gasteiger partial charge in [-0.3, -0.25) is 9.69 Å². The Morgan fingerprint density at radius 3 is 2.93 bits per heavy atom. The van der Waals surface area contributed by atoms with E-state index in [1.807, 2.05) is 18.3 Å². The van der Waals surface area contributed by atoms with E-state index in [-0.39, 0.29) is 11.4 Å². The van der Waals surface area contributed by atoms with E-state index in [0.717, 1.165) is 63.1 Å². The van der Waals surface area contributed by atoms with E-state index in [9.17, 15) is 4.79 Å². The normalized spacial score (nSPS) is 18.7. The summed E-state index contributed by atoms with van der Waals surface area (Å²) in [6, 6.07) is 3.93. The van der Waals surface area contributed by atoms with Crippen molar-refractivity contribution in [3.8, 4) is 0 Å². The van der Waals surface area contributed by atoms with Crippen molar-refractivity contribution in [3.05, 3.63) is 24.7 Å². The highest BCUT2D eigenvalue weighted by Gasteiger charge is 2.49. The zero-order chi connectivity index (χ0) is 18.5. The number of hydrogen-bond acceptors (Lipinski definition) is 6. The fraction of sp³-hybridized carbons (Fsp3) is 0.632. The number of carbonyl (C=O) groups is 1. The smallest absolute Gasteiger partial charge is 0.240 e. The van der Waals surface area contributed by atoms with Gasteiger partial charge in [-0.25, -0.2) is 9.50 Å². The molecule has 2 saturated heterocycles. The first-order valence-electron chi connectivity index (χ1n) is 9.93. The lowest BCUT2D eigenvalue weighted by Gasteiger charge is -2.30. The number of anilines is 1. The predicted octanol–water partition coefficient (Wildman–Crippen LogP) is 1.29. The molecule has 0 unspecified atom stereocenters. The zero-order valence-corrected chi connectivity index (χ0v) is 15.7. The molecule has 0 spiro atoms. The molecule has 2 aromatic heterocycles. The number of amides is 1. The summed E-state index contributed by atoms with van der Waals surface area (Å²) in [7, 11) is 0. The third-order valence-electron chi connectivity index (χ3n) is 5.69. The first kappa shape index (κ1) is 18.2. The van der Waals surface area contributed by atoms with E-state index >= 15 is 0 Å². The molecule has 8 nitrogen and oxygen atoms in total. The van der Waals surface area contributed by atoms with Crippen LogP contribution in [0.3, 0.4) is 0 Å². The number of nitrogens with one attached hydrogen (secondary N) is 2. The van der Waals surface area contributed by atoms with Gasteiger partial charge < -0.3 is 15.4 Å². The highest BCUT2D eigenvalue weighted by molar-refractivity contribution is 5.87. The molecule has 2 aliphatic rings. The summed E-state index contributed by atoms with van der Waals surface area (Å²) in [5.41, 5.74) is 0.749. The quantitative estimate of drug-likeness (QED) is 0.646. The minimum atomic E-state index is -0.217. The van der Waals surface area contributed by atoms with Gasteiger partial charge in [0.05, 0.1) is 6.61 Å². The number of aromatic nitrogens is 3. The van der Waals surface area contributed by atoms with Crippen LogP contribution in [0.2, 0.25) is 0 Å². The molecular weight excluding hydrogens is 344 g/mol. The van der Waals surface area contributed by atoms with Gasteiger partial charge in [0.2, 0.25) is 5.91 Å². The van der Waals surface area contributed by atoms with Crippen LogP contribution in [0.5, 0.6) is 0 Å². The van der Waals surface area contributed by atoms with Crippen molar-refractivity contribution >= 4 is 17.2 Å². The lowest BCUT2D eigenvalue weighted by Crippen LogP contribution is -2.52. The van der Waals surface area contributed by atoms with Crippen molar-refractivity contribution in [1.82, 2.24) is 24.8 Å². The molecule has 4 heterocycles. The molecular formula is C19H28N6O2. The van der Waals surface area contributed by atoms with Crippen molar-refractivity contribution in [2.75, 3.05) is 44.7 Å². The van der Waals surface area contributed by atoms with Gasteiger partial charge in [0, 0.05) is 25.9 Å². The van der Waals surface area contributed by atoms with Crippen molar-refractivity contribution in [3.63, 3.8) is 0 Å². The predicted molar refractivity (Wildman–Crippen MR) is 103 cm³/mol. The topological polar surface area (TPSA) is 83.8 Å². The van der Waals surface area contributed by atoms with Crippen molar-refractivity contribution in [1.29, 1.82) is 0 Å². The Kier molecular flexibility index (Phi) is 5.54. The Labute approximate surface area is 159 Å². The van der Waals surface area contributed by atoms with Crippen LogP contribution in [0, 0.1) is 0 Å². The first-order valence-corrected chi connectivity index (χ1v) is 9.93. The minimum absolute atomic E-state index is 0.197. The Bertz CT molecular complexity index is 766. The van der Waals surface area contributed by atoms with Crippen molar-refractivity contribution in [2.45, 2.75) is 37.6 Å². The van der Waals surface area contributed by atoms with Gasteiger partial charge >= 0.3 is 0 Å². The van der Waals surface area contributed by atoms with Crippen LogP contribution in [-0.4, -0.2) is 70.3 Å². The minimum Gasteiger partial charge on any atom is -0.380 e. The Balaban J connectivity index is 1.10. The van der Waals surface area contributed by atoms with Crippen LogP contribution in [-0.2, 0) is 9.53 Å². The molecule has 0 radical (unpaired) electrons. The molecule has 27 heavy (non-hydrogen) atoms. The summed E-state index contributed by atoms with van der Waals surface area (Å²) in [6.07, 6.45) is 8.60. The molecule has 2 aliphatic heterocycles. The van der Waals surface area contributed by atoms with E-state index < -0.39 is 0 Å². The van der Waals surface area contributed by atoms with Crippen LogP contribution in [0.4, 0.5) is 5.82 Å². The average molecular weight is 372 g/mol. The summed E-state index contributed by atoms with van der Waals surface area (Å²) in [6.45, 7) is 4.71. The molecule has 2 N–H and O–H groups in total. The second-order valence-corrected chi connectivity index (χ2v) is 7.32. The standard InChI is InChI=1S/C19H28N6O2/c26-18(19-6-2-10-24(19)11-3-7-19)21-9-14-27-13-4-8-20-17-16-5-1-12-25(16)23-15-22-17/h1,5,12,15H,2-4,6-11,13-14H2,(H,21,26)(H,20,22,23). The second-order valence-electron chi connectivity index (χ2n) is 7.32. The molecule has 0 saturated carbocycles. The lowest BCUT2D eigenvalue weighted by molar-refractivity contribution is -0.130. The number of ether oxygens (including phenoxy) is 1. The van der Waals surface area contributed by atoms with Crippen LogP contribution in [0.1, 0.15) is 32.1 Å². The zero-order valence-electron chi connectivity index (χ0n) is 15.7. The van der Waals surface area contributed by atoms with Gasteiger partial charge in [-0.2, -0.15) is 5.10 Å². The summed E-state index contributed by atoms with van der Waals surface area (Å²) < 4.78 is 7.46. The summed E-state index contributed by atoms with van der Waals surface area (Å²) in [5, 5.41) is 10.5. The maximum atomic E-state index is 12.6. The molecule has 2 aromatic rings. The maximum Gasteiger partial charge on any atom is 0.240 e. The Morgan fingerprint density at radius 1 is 1.22 bits per heavy atom. The number of fused-ring (bicyclic) bond motifs is 2. The number of nitrogens with zero attached hydrogens (tertiary/aromatic N) is 4. The van der Waals surface area contributed by atoms with Crippen LogP contribution < -0.4 is 10.6 Å². The number of rotatable bonds is 9. The van der Waals surface area contributed by atoms with E-state index in [0.29, 0.717) is 19.8 Å². The van der Waals surface area contributed by atoms with Crippen molar-refractivity contribution < 1.29 is 9.53 Å². The molecule has 1 amide bonds. The fourth-order valence-electron chi connectivity index (χ4n) is 4.36. The SMILES string of the molecule is O=C(NCCOCCCNc1ncnn2cccc12)C12CCCN1CCC2. The summed E-state index contributed by atoms with van der Waals surface area (Å²) >= 11 is 0. The monoisotopic (exact) mass is 372 g/mol. The maximum absolute atomic E-state index is 12.6. The van der Waals surface area contributed by atoms with Gasteiger partial charge in [0.1, 0.15) is 17.4 Å². The fourth-order valence-corrected chi connectivity index (χ4v) is 4.36. The third kappa shape index (κ3) is 3.77. The lowest BCUT2D eigenvalue weighted by atomic mass is 9.93. The first-order chi connectivity index (χ1) is 13.3. The van der Waals surface area contributed by atoms with Gasteiger partial charge in [-0.1, -0.05) is 0 Å². The molecule has 0 atom stereocenters. The third-order valence-corrected chi connectivity index (χ3v) is 5.69. The molecule has 2 fully saturated rings. The van der Waals surface area contributed by atoms with E-state index in [4.69, 9.17) is 4.74 Å². The molecule has 0 aromatic carbocycles. The largest absolute Gasteiger partial charge is 0.380 e. The van der Waals surface area contributed by atoms with Gasteiger partial charge in [-0.15, -0.1) is 0 Å². The average Bonchev–Trinajstić information content (AvgIpc) is 3.38. The molecule has 0 aliphatic carbocycles. The van der Waals surface area contributed by atoms with Crippen LogP contribution in [0.15, 0.2) is 24.7 Å². The highest BCUT2D eigenvalue weighted by atomic mass is 16.5. The second kappa shape index (κ2) is 8.22. The summed E-state index contributed by atoms with van der Waals surface area (Å²) in [5.74, 6) is 1.03. The van der Waals surface area contributed by atoms with E-state index in [1.165, 1.54) is 0 Å². The van der Waals surface area contributed by atoms with Crippen molar-refractivity contribution in [2.24, 2.45) is 0 Å². The van der Waals surface area contributed by atoms with Gasteiger partial charge in [0.15, 0.2) is 5.82 Å². The van der Waals surface area contributed by atoms with Gasteiger partial charge in [0.25, 0.3) is 0 Å². The number of hydrogen-bond donors (Lipinski definition) is 2. The highest BCUT2D eigenvalue weighted by Crippen LogP contribution is 2.38. The van der Waals surface area contributed by atoms with Gasteiger partial charge in [-0.05, 0) is 57.3 Å². The van der Waals surface area contributed by atoms with E-state index in [1.54, 1.807) is 10.8 Å².